The first kappa shape index (κ1) is 21.3. The molecule has 0 fully saturated rings. The lowest BCUT2D eigenvalue weighted by molar-refractivity contribution is -0.141. The second-order valence-electron chi connectivity index (χ2n) is 7.25. The molecule has 0 radical (unpaired) electrons. The van der Waals surface area contributed by atoms with Crippen LogP contribution in [0.25, 0.3) is 11.0 Å². The van der Waals surface area contributed by atoms with Crippen molar-refractivity contribution in [2.24, 2.45) is 5.92 Å². The first-order valence-electron chi connectivity index (χ1n) is 9.29. The van der Waals surface area contributed by atoms with Crippen molar-refractivity contribution in [3.05, 3.63) is 38.2 Å². The Balaban J connectivity index is 2.72. The van der Waals surface area contributed by atoms with Gasteiger partial charge in [-0.05, 0) is 32.3 Å². The van der Waals surface area contributed by atoms with E-state index in [9.17, 15) is 19.2 Å². The zero-order valence-corrected chi connectivity index (χ0v) is 16.7. The van der Waals surface area contributed by atoms with Crippen LogP contribution in [0.2, 0.25) is 0 Å². The molecule has 152 valence electrons. The van der Waals surface area contributed by atoms with Gasteiger partial charge in [-0.3, -0.25) is 23.9 Å². The highest BCUT2D eigenvalue weighted by Crippen LogP contribution is 2.20. The monoisotopic (exact) mass is 390 g/mol. The number of pyridine rings is 1. The molecule has 2 aromatic heterocycles. The van der Waals surface area contributed by atoms with Crippen molar-refractivity contribution in [3.63, 3.8) is 0 Å². The van der Waals surface area contributed by atoms with Crippen molar-refractivity contribution in [3.8, 4) is 0 Å². The first-order valence-corrected chi connectivity index (χ1v) is 9.29. The summed E-state index contributed by atoms with van der Waals surface area (Å²) in [7, 11) is 0. The lowest BCUT2D eigenvalue weighted by atomic mass is 10.0. The molecule has 0 aliphatic heterocycles. The highest BCUT2D eigenvalue weighted by Gasteiger charge is 2.25. The van der Waals surface area contributed by atoms with E-state index in [0.29, 0.717) is 18.7 Å². The summed E-state index contributed by atoms with van der Waals surface area (Å²) >= 11 is 0. The van der Waals surface area contributed by atoms with Crippen molar-refractivity contribution in [2.45, 2.75) is 59.5 Å². The van der Waals surface area contributed by atoms with Gasteiger partial charge in [0.25, 0.3) is 11.5 Å². The number of hydrogen-bond donors (Lipinski definition) is 3. The normalized spacial score (nSPS) is 13.5. The Kier molecular flexibility index (Phi) is 6.37. The average molecular weight is 390 g/mol. The van der Waals surface area contributed by atoms with Gasteiger partial charge in [0.05, 0.1) is 16.9 Å². The van der Waals surface area contributed by atoms with E-state index >= 15 is 0 Å². The number of nitrogens with zero attached hydrogens (tertiary/aromatic N) is 2. The molecule has 3 N–H and O–H groups in total. The van der Waals surface area contributed by atoms with Crippen LogP contribution in [0.15, 0.2) is 15.7 Å². The second-order valence-corrected chi connectivity index (χ2v) is 7.25. The molecular formula is C19H26N4O5. The summed E-state index contributed by atoms with van der Waals surface area (Å²) in [6, 6.07) is 0.868. The van der Waals surface area contributed by atoms with Gasteiger partial charge in [0, 0.05) is 18.3 Å². The van der Waals surface area contributed by atoms with Gasteiger partial charge in [-0.25, -0.2) is 9.78 Å². The fraction of sp³-hybridized carbons (Fsp3) is 0.526. The Morgan fingerprint density at radius 1 is 1.25 bits per heavy atom. The van der Waals surface area contributed by atoms with Gasteiger partial charge in [0.15, 0.2) is 5.65 Å². The summed E-state index contributed by atoms with van der Waals surface area (Å²) in [4.78, 5) is 55.5. The van der Waals surface area contributed by atoms with Crippen LogP contribution in [0.1, 0.15) is 63.0 Å². The number of amides is 1. The maximum atomic E-state index is 12.9. The number of aliphatic carboxylic acids is 1. The Labute approximate surface area is 161 Å². The number of rotatable bonds is 7. The van der Waals surface area contributed by atoms with Gasteiger partial charge in [0.1, 0.15) is 0 Å². The van der Waals surface area contributed by atoms with Crippen molar-refractivity contribution >= 4 is 22.9 Å². The number of carbonyl (C=O) groups excluding carboxylic acids is 1. The number of carboxylic acids is 1. The van der Waals surface area contributed by atoms with Crippen molar-refractivity contribution in [1.29, 1.82) is 0 Å². The number of carboxylic acid groups (broad SMARTS) is 1. The molecule has 0 saturated heterocycles. The van der Waals surface area contributed by atoms with E-state index < -0.39 is 35.1 Å². The molecule has 0 saturated carbocycles. The largest absolute Gasteiger partial charge is 0.481 e. The minimum atomic E-state index is -1.04. The zero-order chi connectivity index (χ0) is 21.2. The second kappa shape index (κ2) is 8.37. The van der Waals surface area contributed by atoms with Gasteiger partial charge in [-0.2, -0.15) is 0 Å². The van der Waals surface area contributed by atoms with Gasteiger partial charge < -0.3 is 10.4 Å². The number of H-pyrrole nitrogens is 1. The standard InChI is InChI=1S/C19H26N4O5/c1-6-7-23-15-14(17(25)22-19(23)28)12(8-13(21-15)9(2)3)16(24)20-11(5)10(4)18(26)27/h8-11H,6-7H2,1-5H3,(H,20,24)(H,26,27)(H,22,25,28). The molecule has 0 bridgehead atoms. The van der Waals surface area contributed by atoms with Gasteiger partial charge in [0.2, 0.25) is 0 Å². The number of aryl methyl sites for hydroxylation is 1. The van der Waals surface area contributed by atoms with Gasteiger partial charge in [-0.1, -0.05) is 20.8 Å². The minimum absolute atomic E-state index is 0.0186. The number of hydrogen-bond acceptors (Lipinski definition) is 5. The number of aromatic amines is 1. The van der Waals surface area contributed by atoms with Crippen molar-refractivity contribution < 1.29 is 14.7 Å². The maximum absolute atomic E-state index is 12.9. The first-order chi connectivity index (χ1) is 13.1. The molecule has 1 amide bonds. The predicted octanol–water partition coefficient (Wildman–Crippen LogP) is 1.46. The SMILES string of the molecule is CCCn1c(=O)[nH]c(=O)c2c(C(=O)NC(C)C(C)C(=O)O)cc(C(C)C)nc21. The van der Waals surface area contributed by atoms with E-state index in [-0.39, 0.29) is 22.5 Å². The van der Waals surface area contributed by atoms with E-state index in [1.54, 1.807) is 6.92 Å². The average Bonchev–Trinajstić information content (AvgIpc) is 2.62. The van der Waals surface area contributed by atoms with Crippen LogP contribution in [0.4, 0.5) is 0 Å². The number of aromatic nitrogens is 3. The molecule has 2 aromatic rings. The van der Waals surface area contributed by atoms with Crippen molar-refractivity contribution in [1.82, 2.24) is 19.9 Å². The lowest BCUT2D eigenvalue weighted by Crippen LogP contribution is -2.41. The molecule has 2 atom stereocenters. The third-order valence-electron chi connectivity index (χ3n) is 4.75. The molecule has 0 aliphatic carbocycles. The number of fused-ring (bicyclic) bond motifs is 1. The zero-order valence-electron chi connectivity index (χ0n) is 16.7. The summed E-state index contributed by atoms with van der Waals surface area (Å²) in [6.07, 6.45) is 0.642. The van der Waals surface area contributed by atoms with E-state index in [1.165, 1.54) is 17.6 Å². The molecule has 9 nitrogen and oxygen atoms in total. The molecule has 28 heavy (non-hydrogen) atoms. The molecule has 0 aromatic carbocycles. The third kappa shape index (κ3) is 4.13. The summed E-state index contributed by atoms with van der Waals surface area (Å²) < 4.78 is 1.35. The topological polar surface area (TPSA) is 134 Å². The van der Waals surface area contributed by atoms with E-state index in [0.717, 1.165) is 0 Å². The number of nitrogens with one attached hydrogen (secondary N) is 2. The van der Waals surface area contributed by atoms with Crippen LogP contribution in [0, 0.1) is 5.92 Å². The quantitative estimate of drug-likeness (QED) is 0.655. The highest BCUT2D eigenvalue weighted by atomic mass is 16.4. The molecular weight excluding hydrogens is 364 g/mol. The fourth-order valence-corrected chi connectivity index (χ4v) is 2.82. The van der Waals surface area contributed by atoms with Crippen LogP contribution in [-0.2, 0) is 11.3 Å². The molecule has 0 spiro atoms. The van der Waals surface area contributed by atoms with Crippen LogP contribution in [0.3, 0.4) is 0 Å². The molecule has 2 rings (SSSR count). The van der Waals surface area contributed by atoms with Crippen LogP contribution in [0.5, 0.6) is 0 Å². The molecule has 2 unspecified atom stereocenters. The Hall–Kier alpha value is -2.97. The van der Waals surface area contributed by atoms with Crippen LogP contribution < -0.4 is 16.6 Å². The summed E-state index contributed by atoms with van der Waals surface area (Å²) in [5.74, 6) is -2.47. The van der Waals surface area contributed by atoms with Crippen LogP contribution >= 0.6 is 0 Å². The van der Waals surface area contributed by atoms with Gasteiger partial charge >= 0.3 is 11.7 Å². The molecule has 0 aliphatic rings. The van der Waals surface area contributed by atoms with E-state index in [4.69, 9.17) is 5.11 Å². The molecule has 9 heteroatoms. The summed E-state index contributed by atoms with van der Waals surface area (Å²) in [6.45, 7) is 9.08. The highest BCUT2D eigenvalue weighted by molar-refractivity contribution is 6.05. The van der Waals surface area contributed by atoms with Gasteiger partial charge in [-0.15, -0.1) is 0 Å². The third-order valence-corrected chi connectivity index (χ3v) is 4.75. The maximum Gasteiger partial charge on any atom is 0.329 e. The fourth-order valence-electron chi connectivity index (χ4n) is 2.82. The summed E-state index contributed by atoms with van der Waals surface area (Å²) in [5.41, 5.74) is -0.479. The Morgan fingerprint density at radius 3 is 2.43 bits per heavy atom. The minimum Gasteiger partial charge on any atom is -0.481 e. The van der Waals surface area contributed by atoms with E-state index in [2.05, 4.69) is 15.3 Å². The smallest absolute Gasteiger partial charge is 0.329 e. The Morgan fingerprint density at radius 2 is 1.89 bits per heavy atom. The van der Waals surface area contributed by atoms with Crippen LogP contribution in [-0.4, -0.2) is 37.6 Å². The Bertz CT molecular complexity index is 1020. The predicted molar refractivity (Wildman–Crippen MR) is 105 cm³/mol. The van der Waals surface area contributed by atoms with Crippen molar-refractivity contribution in [2.75, 3.05) is 0 Å². The summed E-state index contributed by atoms with van der Waals surface area (Å²) in [5, 5.41) is 11.8. The molecule has 2 heterocycles. The number of carbonyl (C=O) groups is 2. The van der Waals surface area contributed by atoms with E-state index in [1.807, 2.05) is 20.8 Å². The lowest BCUT2D eigenvalue weighted by Gasteiger charge is -2.19.